The number of benzene rings is 4. The second kappa shape index (κ2) is 11.4. The maximum absolute atomic E-state index is 11.4. The lowest BCUT2D eigenvalue weighted by atomic mass is 9.79. The Bertz CT molecular complexity index is 1560. The second-order valence-electron chi connectivity index (χ2n) is 10.6. The number of aryl methyl sites for hydroxylation is 3. The molecule has 2 aliphatic rings. The Labute approximate surface area is 239 Å². The quantitative estimate of drug-likeness (QED) is 0.241. The summed E-state index contributed by atoms with van der Waals surface area (Å²) in [4.78, 5) is 0. The molecule has 0 bridgehead atoms. The summed E-state index contributed by atoms with van der Waals surface area (Å²) in [6.45, 7) is 0.000182. The van der Waals surface area contributed by atoms with Crippen molar-refractivity contribution in [2.45, 2.75) is 44.3 Å². The highest BCUT2D eigenvalue weighted by molar-refractivity contribution is 5.82. The number of fused-ring (bicyclic) bond motifs is 5. The number of aromatic hydroxyl groups is 2. The molecule has 0 aromatic heterocycles. The fraction of sp³-hybridized carbons (Fsp3) is 0.294. The average molecular weight is 555 g/mol. The molecule has 1 aliphatic carbocycles. The highest BCUT2D eigenvalue weighted by Crippen LogP contribution is 2.49. The molecular weight excluding hydrogens is 520 g/mol. The zero-order chi connectivity index (χ0) is 28.5. The van der Waals surface area contributed by atoms with Crippen LogP contribution in [0, 0.1) is 0 Å². The van der Waals surface area contributed by atoms with E-state index in [4.69, 9.17) is 14.2 Å². The zero-order valence-corrected chi connectivity index (χ0v) is 23.0. The number of methoxy groups -OCH3 is 1. The molecule has 2 atom stereocenters. The lowest BCUT2D eigenvalue weighted by Crippen LogP contribution is -2.31. The molecule has 212 valence electrons. The predicted molar refractivity (Wildman–Crippen MR) is 155 cm³/mol. The Morgan fingerprint density at radius 2 is 1.73 bits per heavy atom. The van der Waals surface area contributed by atoms with Gasteiger partial charge in [0.15, 0.2) is 11.5 Å². The van der Waals surface area contributed by atoms with Gasteiger partial charge in [-0.2, -0.15) is 0 Å². The molecule has 4 aromatic rings. The number of hydrogen-bond donors (Lipinski definition) is 4. The van der Waals surface area contributed by atoms with E-state index >= 15 is 0 Å². The molecule has 6 rings (SSSR count). The monoisotopic (exact) mass is 554 g/mol. The molecule has 0 spiro atoms. The van der Waals surface area contributed by atoms with Gasteiger partial charge in [-0.25, -0.2) is 0 Å². The first-order valence-electron chi connectivity index (χ1n) is 14.0. The summed E-state index contributed by atoms with van der Waals surface area (Å²) >= 11 is 0. The summed E-state index contributed by atoms with van der Waals surface area (Å²) in [5.41, 5.74) is 7.52. The van der Waals surface area contributed by atoms with E-state index in [1.165, 1.54) is 7.11 Å². The minimum absolute atomic E-state index is 0.0938. The standard InChI is InChI=1S/C34H34O7/c1-39-31-17-23(15-22(33(31)38)8-7-20-5-3-2-4-6-20)34-28(37)18-27-26-11-9-21-16-24(36)10-12-25(21)32(26)30(40-14-13-35)19-29(27)41-34/h2-6,10,12,15-17,19,28,34-38H,7-9,11,13-14,18H2,1H3/t28-,34+/m1/s1. The third kappa shape index (κ3) is 5.19. The molecule has 1 heterocycles. The Hall–Kier alpha value is -4.20. The number of phenolic OH excluding ortho intramolecular Hbond substituents is 2. The highest BCUT2D eigenvalue weighted by atomic mass is 16.5. The minimum Gasteiger partial charge on any atom is -0.508 e. The molecule has 0 saturated carbocycles. The van der Waals surface area contributed by atoms with Gasteiger partial charge >= 0.3 is 0 Å². The van der Waals surface area contributed by atoms with E-state index in [9.17, 15) is 20.4 Å². The van der Waals surface area contributed by atoms with E-state index in [0.29, 0.717) is 36.5 Å². The third-order valence-electron chi connectivity index (χ3n) is 8.09. The number of aliphatic hydroxyl groups excluding tert-OH is 2. The largest absolute Gasteiger partial charge is 0.508 e. The molecule has 0 fully saturated rings. The van der Waals surface area contributed by atoms with Crippen LogP contribution in [0.2, 0.25) is 0 Å². The Kier molecular flexibility index (Phi) is 7.47. The Balaban J connectivity index is 1.37. The van der Waals surface area contributed by atoms with Crippen LogP contribution in [0.25, 0.3) is 11.1 Å². The van der Waals surface area contributed by atoms with Gasteiger partial charge in [0, 0.05) is 23.6 Å². The fourth-order valence-corrected chi connectivity index (χ4v) is 6.13. The number of hydrogen-bond acceptors (Lipinski definition) is 7. The first-order valence-corrected chi connectivity index (χ1v) is 14.0. The normalized spacial score (nSPS) is 17.1. The van der Waals surface area contributed by atoms with Gasteiger partial charge in [-0.3, -0.25) is 0 Å². The van der Waals surface area contributed by atoms with E-state index in [2.05, 4.69) is 12.1 Å². The van der Waals surface area contributed by atoms with Crippen molar-refractivity contribution >= 4 is 0 Å². The van der Waals surface area contributed by atoms with Crippen molar-refractivity contribution in [3.8, 4) is 39.9 Å². The van der Waals surface area contributed by atoms with Crippen LogP contribution in [0.5, 0.6) is 28.7 Å². The van der Waals surface area contributed by atoms with Crippen molar-refractivity contribution in [2.75, 3.05) is 20.3 Å². The average Bonchev–Trinajstić information content (AvgIpc) is 2.99. The second-order valence-corrected chi connectivity index (χ2v) is 10.6. The van der Waals surface area contributed by atoms with E-state index in [0.717, 1.165) is 57.3 Å². The van der Waals surface area contributed by atoms with Gasteiger partial charge in [-0.15, -0.1) is 0 Å². The van der Waals surface area contributed by atoms with E-state index in [1.807, 2.05) is 36.4 Å². The number of aliphatic hydroxyl groups is 2. The highest BCUT2D eigenvalue weighted by Gasteiger charge is 2.36. The molecule has 41 heavy (non-hydrogen) atoms. The lowest BCUT2D eigenvalue weighted by molar-refractivity contribution is 0.0201. The van der Waals surface area contributed by atoms with Crippen LogP contribution < -0.4 is 14.2 Å². The predicted octanol–water partition coefficient (Wildman–Crippen LogP) is 5.07. The number of phenols is 2. The summed E-state index contributed by atoms with van der Waals surface area (Å²) < 4.78 is 18.0. The van der Waals surface area contributed by atoms with Gasteiger partial charge in [-0.05, 0) is 83.3 Å². The van der Waals surface area contributed by atoms with Crippen molar-refractivity contribution in [1.29, 1.82) is 0 Å². The van der Waals surface area contributed by atoms with Gasteiger partial charge < -0.3 is 34.6 Å². The van der Waals surface area contributed by atoms with Crippen molar-refractivity contribution in [2.24, 2.45) is 0 Å². The summed E-state index contributed by atoms with van der Waals surface area (Å²) in [7, 11) is 1.52. The van der Waals surface area contributed by atoms with E-state index in [1.54, 1.807) is 18.2 Å². The Morgan fingerprint density at radius 1 is 0.902 bits per heavy atom. The first kappa shape index (κ1) is 27.0. The van der Waals surface area contributed by atoms with Gasteiger partial charge in [0.25, 0.3) is 0 Å². The van der Waals surface area contributed by atoms with Crippen LogP contribution in [0.15, 0.2) is 66.7 Å². The van der Waals surface area contributed by atoms with Gasteiger partial charge in [0.05, 0.1) is 19.8 Å². The third-order valence-corrected chi connectivity index (χ3v) is 8.09. The molecule has 1 aliphatic heterocycles. The van der Waals surface area contributed by atoms with Crippen molar-refractivity contribution in [3.05, 3.63) is 100 Å². The molecular formula is C34H34O7. The number of ether oxygens (including phenoxy) is 3. The van der Waals surface area contributed by atoms with Crippen LogP contribution >= 0.6 is 0 Å². The molecule has 7 heteroatoms. The van der Waals surface area contributed by atoms with Gasteiger partial charge in [0.2, 0.25) is 0 Å². The summed E-state index contributed by atoms with van der Waals surface area (Å²) in [6.07, 6.45) is 1.68. The van der Waals surface area contributed by atoms with E-state index < -0.39 is 12.2 Å². The summed E-state index contributed by atoms with van der Waals surface area (Å²) in [5, 5.41) is 41.8. The van der Waals surface area contributed by atoms with Gasteiger partial charge in [0.1, 0.15) is 30.0 Å². The molecule has 0 amide bonds. The first-order chi connectivity index (χ1) is 20.0. The van der Waals surface area contributed by atoms with Crippen molar-refractivity contribution in [3.63, 3.8) is 0 Å². The topological polar surface area (TPSA) is 109 Å². The molecule has 0 unspecified atom stereocenters. The van der Waals surface area contributed by atoms with Crippen molar-refractivity contribution in [1.82, 2.24) is 0 Å². The molecule has 4 N–H and O–H groups in total. The molecule has 0 radical (unpaired) electrons. The minimum atomic E-state index is -0.826. The smallest absolute Gasteiger partial charge is 0.161 e. The fourth-order valence-electron chi connectivity index (χ4n) is 6.13. The van der Waals surface area contributed by atoms with E-state index in [-0.39, 0.29) is 24.7 Å². The van der Waals surface area contributed by atoms with Crippen LogP contribution in [0.3, 0.4) is 0 Å². The molecule has 7 nitrogen and oxygen atoms in total. The van der Waals surface area contributed by atoms with Crippen LogP contribution in [0.1, 0.15) is 39.5 Å². The lowest BCUT2D eigenvalue weighted by Gasteiger charge is -2.35. The van der Waals surface area contributed by atoms with Crippen LogP contribution in [-0.4, -0.2) is 46.9 Å². The number of rotatable bonds is 8. The molecule has 4 aromatic carbocycles. The van der Waals surface area contributed by atoms with Crippen LogP contribution in [-0.2, 0) is 32.1 Å². The van der Waals surface area contributed by atoms with Crippen molar-refractivity contribution < 1.29 is 34.6 Å². The summed E-state index contributed by atoms with van der Waals surface area (Å²) in [6, 6.07) is 20.9. The molecule has 0 saturated heterocycles. The maximum Gasteiger partial charge on any atom is 0.161 e. The SMILES string of the molecule is COc1cc([C@@H]2Oc3cc(OCCO)c4c(c3C[C@H]2O)CCc2cc(O)ccc2-4)cc(CCc2ccccc2)c1O. The maximum atomic E-state index is 11.4. The van der Waals surface area contributed by atoms with Gasteiger partial charge in [-0.1, -0.05) is 36.4 Å². The Morgan fingerprint density at radius 3 is 2.51 bits per heavy atom. The zero-order valence-electron chi connectivity index (χ0n) is 23.0. The van der Waals surface area contributed by atoms with Crippen LogP contribution in [0.4, 0.5) is 0 Å². The summed E-state index contributed by atoms with van der Waals surface area (Å²) in [5.74, 6) is 1.88.